The minimum atomic E-state index is -1.07. The van der Waals surface area contributed by atoms with E-state index >= 15 is 0 Å². The minimum Gasteiger partial charge on any atom is -0.504 e. The molecule has 4 nitrogen and oxygen atoms in total. The second-order valence-corrected chi connectivity index (χ2v) is 5.38. The number of ether oxygens (including phenoxy) is 1. The first-order chi connectivity index (χ1) is 10.9. The van der Waals surface area contributed by atoms with Gasteiger partial charge in [0.2, 0.25) is 0 Å². The highest BCUT2D eigenvalue weighted by Crippen LogP contribution is 2.27. The first kappa shape index (κ1) is 17.2. The Hall–Kier alpha value is -2.18. The molecule has 2 N–H and O–H groups in total. The van der Waals surface area contributed by atoms with Gasteiger partial charge in [-0.1, -0.05) is 12.1 Å². The largest absolute Gasteiger partial charge is 0.504 e. The van der Waals surface area contributed by atoms with Crippen molar-refractivity contribution in [3.8, 4) is 11.5 Å². The number of aromatic hydroxyl groups is 1. The number of nitrogens with zero attached hydrogens (tertiary/aromatic N) is 1. The van der Waals surface area contributed by atoms with Crippen LogP contribution in [0.15, 0.2) is 36.4 Å². The number of hydrogen-bond acceptors (Lipinski definition) is 4. The highest BCUT2D eigenvalue weighted by Gasteiger charge is 2.16. The Bertz CT molecular complexity index is 679. The quantitative estimate of drug-likeness (QED) is 0.858. The maximum absolute atomic E-state index is 13.7. The van der Waals surface area contributed by atoms with Crippen LogP contribution < -0.4 is 4.74 Å². The lowest BCUT2D eigenvalue weighted by Crippen LogP contribution is -2.24. The third-order valence-corrected chi connectivity index (χ3v) is 3.50. The maximum Gasteiger partial charge on any atom is 0.160 e. The molecule has 0 aliphatic carbocycles. The Kier molecular flexibility index (Phi) is 5.52. The Morgan fingerprint density at radius 2 is 1.91 bits per heavy atom. The van der Waals surface area contributed by atoms with Gasteiger partial charge in [0.15, 0.2) is 11.5 Å². The second kappa shape index (κ2) is 7.39. The number of phenolic OH excluding ortho intramolecular Hbond substituents is 1. The van der Waals surface area contributed by atoms with Crippen molar-refractivity contribution < 1.29 is 23.7 Å². The molecule has 6 heteroatoms. The van der Waals surface area contributed by atoms with E-state index in [0.29, 0.717) is 12.3 Å². The average Bonchev–Trinajstić information content (AvgIpc) is 2.48. The van der Waals surface area contributed by atoms with E-state index in [1.54, 1.807) is 24.1 Å². The van der Waals surface area contributed by atoms with Crippen LogP contribution in [0.3, 0.4) is 0 Å². The number of phenols is 1. The summed E-state index contributed by atoms with van der Waals surface area (Å²) in [7, 11) is 3.23. The highest BCUT2D eigenvalue weighted by atomic mass is 19.1. The van der Waals surface area contributed by atoms with Gasteiger partial charge in [0, 0.05) is 24.7 Å². The molecule has 0 bridgehead atoms. The topological polar surface area (TPSA) is 52.9 Å². The van der Waals surface area contributed by atoms with Crippen molar-refractivity contribution in [2.24, 2.45) is 0 Å². The maximum atomic E-state index is 13.7. The van der Waals surface area contributed by atoms with Gasteiger partial charge in [-0.05, 0) is 30.8 Å². The smallest absolute Gasteiger partial charge is 0.160 e. The summed E-state index contributed by atoms with van der Waals surface area (Å²) in [6.07, 6.45) is -1.07. The third-order valence-electron chi connectivity index (χ3n) is 3.50. The fourth-order valence-electron chi connectivity index (χ4n) is 2.36. The molecular weight excluding hydrogens is 304 g/mol. The molecule has 0 radical (unpaired) electrons. The minimum absolute atomic E-state index is 0.0484. The van der Waals surface area contributed by atoms with Crippen LogP contribution in [0.5, 0.6) is 11.5 Å². The molecule has 0 saturated heterocycles. The third kappa shape index (κ3) is 4.40. The Labute approximate surface area is 133 Å². The molecular formula is C17H19F2NO3. The van der Waals surface area contributed by atoms with E-state index in [9.17, 15) is 19.0 Å². The molecule has 1 unspecified atom stereocenters. The van der Waals surface area contributed by atoms with E-state index in [0.717, 1.165) is 17.7 Å². The first-order valence-corrected chi connectivity index (χ1v) is 7.08. The summed E-state index contributed by atoms with van der Waals surface area (Å²) in [5, 5.41) is 19.7. The molecule has 0 aliphatic rings. The highest BCUT2D eigenvalue weighted by molar-refractivity contribution is 5.41. The van der Waals surface area contributed by atoms with Crippen molar-refractivity contribution in [1.29, 1.82) is 0 Å². The zero-order chi connectivity index (χ0) is 17.0. The number of rotatable bonds is 6. The van der Waals surface area contributed by atoms with Gasteiger partial charge >= 0.3 is 0 Å². The van der Waals surface area contributed by atoms with Gasteiger partial charge in [-0.15, -0.1) is 0 Å². The summed E-state index contributed by atoms with van der Waals surface area (Å²) < 4.78 is 31.6. The van der Waals surface area contributed by atoms with E-state index in [4.69, 9.17) is 4.74 Å². The predicted molar refractivity (Wildman–Crippen MR) is 82.3 cm³/mol. The van der Waals surface area contributed by atoms with Crippen molar-refractivity contribution in [1.82, 2.24) is 4.90 Å². The van der Waals surface area contributed by atoms with E-state index in [2.05, 4.69) is 0 Å². The van der Waals surface area contributed by atoms with Crippen LogP contribution in [-0.4, -0.2) is 35.8 Å². The lowest BCUT2D eigenvalue weighted by atomic mass is 10.1. The molecule has 1 atom stereocenters. The molecule has 0 aromatic heterocycles. The van der Waals surface area contributed by atoms with Crippen molar-refractivity contribution >= 4 is 0 Å². The van der Waals surface area contributed by atoms with Gasteiger partial charge in [0.25, 0.3) is 0 Å². The zero-order valence-electron chi connectivity index (χ0n) is 13.0. The molecule has 2 aromatic carbocycles. The summed E-state index contributed by atoms with van der Waals surface area (Å²) in [5.41, 5.74) is 0.926. The van der Waals surface area contributed by atoms with E-state index < -0.39 is 17.7 Å². The van der Waals surface area contributed by atoms with Crippen molar-refractivity contribution in [3.05, 3.63) is 59.2 Å². The standard InChI is InChI=1S/C17H19F2NO3/c1-20(9-11-3-6-15(21)17(7-11)23-2)10-16(22)13-5-4-12(18)8-14(13)19/h3-8,16,21-22H,9-10H2,1-2H3. The fourth-order valence-corrected chi connectivity index (χ4v) is 2.36. The Morgan fingerprint density at radius 1 is 1.17 bits per heavy atom. The first-order valence-electron chi connectivity index (χ1n) is 7.08. The van der Waals surface area contributed by atoms with Crippen LogP contribution in [-0.2, 0) is 6.54 Å². The fraction of sp³-hybridized carbons (Fsp3) is 0.294. The van der Waals surface area contributed by atoms with Crippen LogP contribution in [0.25, 0.3) is 0 Å². The van der Waals surface area contributed by atoms with Gasteiger partial charge in [0.05, 0.1) is 13.2 Å². The van der Waals surface area contributed by atoms with Gasteiger partial charge in [-0.25, -0.2) is 8.78 Å². The van der Waals surface area contributed by atoms with Crippen molar-refractivity contribution in [2.45, 2.75) is 12.6 Å². The summed E-state index contributed by atoms with van der Waals surface area (Å²) in [6.45, 7) is 0.641. The van der Waals surface area contributed by atoms with Crippen LogP contribution in [0.1, 0.15) is 17.2 Å². The average molecular weight is 323 g/mol. The van der Waals surface area contributed by atoms with E-state index in [-0.39, 0.29) is 17.9 Å². The molecule has 0 aliphatic heterocycles. The Morgan fingerprint density at radius 3 is 2.57 bits per heavy atom. The number of hydrogen-bond donors (Lipinski definition) is 2. The normalized spacial score (nSPS) is 12.4. The summed E-state index contributed by atoms with van der Waals surface area (Å²) >= 11 is 0. The predicted octanol–water partition coefficient (Wildman–Crippen LogP) is 2.84. The molecule has 0 spiro atoms. The summed E-state index contributed by atoms with van der Waals surface area (Å²) in [4.78, 5) is 1.79. The van der Waals surface area contributed by atoms with Gasteiger partial charge in [-0.2, -0.15) is 0 Å². The van der Waals surface area contributed by atoms with Gasteiger partial charge < -0.3 is 14.9 Å². The number of halogens is 2. The molecule has 124 valence electrons. The number of aliphatic hydroxyl groups is 1. The molecule has 0 fully saturated rings. The van der Waals surface area contributed by atoms with Crippen molar-refractivity contribution in [3.63, 3.8) is 0 Å². The van der Waals surface area contributed by atoms with Crippen LogP contribution in [0.4, 0.5) is 8.78 Å². The molecule has 2 rings (SSSR count). The lowest BCUT2D eigenvalue weighted by molar-refractivity contribution is 0.120. The van der Waals surface area contributed by atoms with Crippen molar-refractivity contribution in [2.75, 3.05) is 20.7 Å². The van der Waals surface area contributed by atoms with Crippen LogP contribution >= 0.6 is 0 Å². The lowest BCUT2D eigenvalue weighted by Gasteiger charge is -2.21. The second-order valence-electron chi connectivity index (χ2n) is 5.38. The zero-order valence-corrected chi connectivity index (χ0v) is 13.0. The molecule has 0 amide bonds. The van der Waals surface area contributed by atoms with Gasteiger partial charge in [-0.3, -0.25) is 4.90 Å². The SMILES string of the molecule is COc1cc(CN(C)CC(O)c2ccc(F)cc2F)ccc1O. The Balaban J connectivity index is 2.02. The number of likely N-dealkylation sites (N-methyl/N-ethyl adjacent to an activating group) is 1. The van der Waals surface area contributed by atoms with E-state index in [1.165, 1.54) is 19.2 Å². The molecule has 2 aromatic rings. The molecule has 0 saturated carbocycles. The number of aliphatic hydroxyl groups excluding tert-OH is 1. The summed E-state index contributed by atoms with van der Waals surface area (Å²) in [6, 6.07) is 8.07. The van der Waals surface area contributed by atoms with Crippen LogP contribution in [0.2, 0.25) is 0 Å². The molecule has 0 heterocycles. The number of benzene rings is 2. The monoisotopic (exact) mass is 323 g/mol. The van der Waals surface area contributed by atoms with Crippen LogP contribution in [0, 0.1) is 11.6 Å². The van der Waals surface area contributed by atoms with Gasteiger partial charge in [0.1, 0.15) is 11.6 Å². The van der Waals surface area contributed by atoms with E-state index in [1.807, 2.05) is 0 Å². The number of methoxy groups -OCH3 is 1. The summed E-state index contributed by atoms with van der Waals surface area (Å²) in [5.74, 6) is -1.03. The molecule has 23 heavy (non-hydrogen) atoms.